The van der Waals surface area contributed by atoms with Gasteiger partial charge in [0.25, 0.3) is 0 Å². The van der Waals surface area contributed by atoms with Crippen LogP contribution >= 0.6 is 24.0 Å². The molecule has 0 aliphatic carbocycles. The number of hydrogen-bond acceptors (Lipinski definition) is 5. The summed E-state index contributed by atoms with van der Waals surface area (Å²) in [5, 5.41) is 0.0606. The molecule has 23 heavy (non-hydrogen) atoms. The minimum atomic E-state index is -3.80. The summed E-state index contributed by atoms with van der Waals surface area (Å²) in [4.78, 5) is -0.0611. The van der Waals surface area contributed by atoms with E-state index >= 15 is 0 Å². The first-order valence-corrected chi connectivity index (χ1v) is 8.75. The summed E-state index contributed by atoms with van der Waals surface area (Å²) >= 11 is 6.07. The summed E-state index contributed by atoms with van der Waals surface area (Å²) in [5.41, 5.74) is 5.64. The Hall–Kier alpha value is -0.730. The second-order valence-electron chi connectivity index (χ2n) is 5.32. The van der Waals surface area contributed by atoms with E-state index in [1.54, 1.807) is 0 Å². The van der Waals surface area contributed by atoms with E-state index in [9.17, 15) is 8.42 Å². The lowest BCUT2D eigenvalue weighted by atomic mass is 10.1. The normalized spacial score (nSPS) is 12.7. The summed E-state index contributed by atoms with van der Waals surface area (Å²) in [6.45, 7) is 4.21. The van der Waals surface area contributed by atoms with Gasteiger partial charge in [0.1, 0.15) is 4.90 Å². The third-order valence-electron chi connectivity index (χ3n) is 3.09. The zero-order valence-corrected chi connectivity index (χ0v) is 16.0. The Labute approximate surface area is 149 Å². The van der Waals surface area contributed by atoms with E-state index in [0.29, 0.717) is 23.8 Å². The molecule has 0 bridgehead atoms. The third-order valence-corrected chi connectivity index (χ3v) is 5.08. The standard InChI is InChI=1S/C14H23ClN2O4S.ClH/c1-9(2)5-10(8-16)17-22(18,19)14-7-13(21-4)12(20-3)6-11(14)15;/h6-7,9-10,17H,5,8,16H2,1-4H3;1H. The molecule has 0 saturated carbocycles. The summed E-state index contributed by atoms with van der Waals surface area (Å²) in [6, 6.07) is 2.40. The quantitative estimate of drug-likeness (QED) is 0.715. The van der Waals surface area contributed by atoms with Crippen LogP contribution < -0.4 is 19.9 Å². The first-order valence-electron chi connectivity index (χ1n) is 6.89. The van der Waals surface area contributed by atoms with Crippen molar-refractivity contribution in [2.75, 3.05) is 20.8 Å². The lowest BCUT2D eigenvalue weighted by molar-refractivity contribution is 0.354. The molecule has 0 saturated heterocycles. The van der Waals surface area contributed by atoms with Gasteiger partial charge in [0.05, 0.1) is 19.2 Å². The van der Waals surface area contributed by atoms with Crippen molar-refractivity contribution in [3.63, 3.8) is 0 Å². The van der Waals surface area contributed by atoms with Gasteiger partial charge in [-0.25, -0.2) is 13.1 Å². The van der Waals surface area contributed by atoms with Gasteiger partial charge < -0.3 is 15.2 Å². The van der Waals surface area contributed by atoms with E-state index in [1.165, 1.54) is 26.4 Å². The van der Waals surface area contributed by atoms with Crippen LogP contribution in [-0.2, 0) is 10.0 Å². The van der Waals surface area contributed by atoms with Crippen molar-refractivity contribution in [2.45, 2.75) is 31.2 Å². The molecule has 0 radical (unpaired) electrons. The second kappa shape index (κ2) is 9.54. The highest BCUT2D eigenvalue weighted by Gasteiger charge is 2.24. The number of nitrogens with two attached hydrogens (primary N) is 1. The molecular weight excluding hydrogens is 363 g/mol. The molecule has 0 spiro atoms. The summed E-state index contributed by atoms with van der Waals surface area (Å²) in [5.74, 6) is 0.974. The number of rotatable bonds is 8. The van der Waals surface area contributed by atoms with Gasteiger partial charge in [-0.05, 0) is 12.3 Å². The highest BCUT2D eigenvalue weighted by Crippen LogP contribution is 2.35. The third kappa shape index (κ3) is 6.00. The highest BCUT2D eigenvalue weighted by molar-refractivity contribution is 7.89. The van der Waals surface area contributed by atoms with E-state index in [4.69, 9.17) is 26.8 Å². The van der Waals surface area contributed by atoms with Gasteiger partial charge in [-0.1, -0.05) is 25.4 Å². The topological polar surface area (TPSA) is 90.7 Å². The van der Waals surface area contributed by atoms with E-state index in [0.717, 1.165) is 0 Å². The fourth-order valence-electron chi connectivity index (χ4n) is 2.09. The van der Waals surface area contributed by atoms with Crippen molar-refractivity contribution in [2.24, 2.45) is 11.7 Å². The molecule has 0 aromatic heterocycles. The van der Waals surface area contributed by atoms with Gasteiger partial charge in [0.2, 0.25) is 10.0 Å². The number of methoxy groups -OCH3 is 2. The van der Waals surface area contributed by atoms with Crippen molar-refractivity contribution >= 4 is 34.0 Å². The van der Waals surface area contributed by atoms with Crippen LogP contribution in [0, 0.1) is 5.92 Å². The maximum absolute atomic E-state index is 12.5. The van der Waals surface area contributed by atoms with Gasteiger partial charge in [0, 0.05) is 24.7 Å². The summed E-state index contributed by atoms with van der Waals surface area (Å²) in [7, 11) is -0.923. The van der Waals surface area contributed by atoms with Gasteiger partial charge in [-0.15, -0.1) is 12.4 Å². The van der Waals surface area contributed by atoms with Crippen LogP contribution in [0.1, 0.15) is 20.3 Å². The zero-order chi connectivity index (χ0) is 16.9. The largest absolute Gasteiger partial charge is 0.493 e. The fraction of sp³-hybridized carbons (Fsp3) is 0.571. The molecule has 3 N–H and O–H groups in total. The molecule has 0 fully saturated rings. The SMILES string of the molecule is COc1cc(Cl)c(S(=O)(=O)NC(CN)CC(C)C)cc1OC.Cl. The van der Waals surface area contributed by atoms with Crippen molar-refractivity contribution in [1.29, 1.82) is 0 Å². The summed E-state index contributed by atoms with van der Waals surface area (Å²) < 4.78 is 37.9. The number of halogens is 2. The van der Waals surface area contributed by atoms with Crippen LogP contribution in [0.4, 0.5) is 0 Å². The molecule has 0 heterocycles. The Kier molecular flexibility index (Phi) is 9.24. The zero-order valence-electron chi connectivity index (χ0n) is 13.6. The molecule has 1 aromatic rings. The molecule has 1 unspecified atom stereocenters. The van der Waals surface area contributed by atoms with Crippen molar-refractivity contribution < 1.29 is 17.9 Å². The molecule has 1 rings (SSSR count). The van der Waals surface area contributed by atoms with Crippen molar-refractivity contribution in [3.8, 4) is 11.5 Å². The predicted octanol–water partition coefficient (Wildman–Crippen LogP) is 2.43. The number of nitrogens with one attached hydrogen (secondary N) is 1. The first-order chi connectivity index (χ1) is 10.2. The molecule has 0 aliphatic heterocycles. The molecule has 9 heteroatoms. The smallest absolute Gasteiger partial charge is 0.242 e. The Morgan fingerprint density at radius 3 is 2.17 bits per heavy atom. The van der Waals surface area contributed by atoms with E-state index in [2.05, 4.69) is 4.72 Å². The fourth-order valence-corrected chi connectivity index (χ4v) is 3.88. The molecule has 6 nitrogen and oxygen atoms in total. The predicted molar refractivity (Wildman–Crippen MR) is 94.4 cm³/mol. The maximum Gasteiger partial charge on any atom is 0.242 e. The second-order valence-corrected chi connectivity index (χ2v) is 7.41. The van der Waals surface area contributed by atoms with E-state index in [1.807, 2.05) is 13.8 Å². The average Bonchev–Trinajstić information content (AvgIpc) is 2.44. The lowest BCUT2D eigenvalue weighted by Crippen LogP contribution is -2.41. The first kappa shape index (κ1) is 22.3. The van der Waals surface area contributed by atoms with Gasteiger partial charge in [-0.2, -0.15) is 0 Å². The van der Waals surface area contributed by atoms with Gasteiger partial charge in [-0.3, -0.25) is 0 Å². The number of benzene rings is 1. The van der Waals surface area contributed by atoms with Crippen LogP contribution in [0.25, 0.3) is 0 Å². The Balaban J connectivity index is 0.00000484. The molecule has 1 atom stereocenters. The van der Waals surface area contributed by atoms with Crippen molar-refractivity contribution in [3.05, 3.63) is 17.2 Å². The van der Waals surface area contributed by atoms with Crippen LogP contribution in [0.15, 0.2) is 17.0 Å². The van der Waals surface area contributed by atoms with Gasteiger partial charge in [0.15, 0.2) is 11.5 Å². The molecule has 0 aliphatic rings. The maximum atomic E-state index is 12.5. The number of ether oxygens (including phenoxy) is 2. The summed E-state index contributed by atoms with van der Waals surface area (Å²) in [6.07, 6.45) is 0.640. The minimum absolute atomic E-state index is 0. The van der Waals surface area contributed by atoms with Crippen LogP contribution in [0.3, 0.4) is 0 Å². The lowest BCUT2D eigenvalue weighted by Gasteiger charge is -2.20. The highest BCUT2D eigenvalue weighted by atomic mass is 35.5. The van der Waals surface area contributed by atoms with E-state index in [-0.39, 0.29) is 34.9 Å². The van der Waals surface area contributed by atoms with Crippen LogP contribution in [0.2, 0.25) is 5.02 Å². The molecule has 134 valence electrons. The minimum Gasteiger partial charge on any atom is -0.493 e. The number of sulfonamides is 1. The van der Waals surface area contributed by atoms with Gasteiger partial charge >= 0.3 is 0 Å². The van der Waals surface area contributed by atoms with Crippen LogP contribution in [-0.4, -0.2) is 35.2 Å². The Morgan fingerprint density at radius 1 is 1.22 bits per heavy atom. The van der Waals surface area contributed by atoms with E-state index < -0.39 is 10.0 Å². The molecule has 0 amide bonds. The monoisotopic (exact) mass is 386 g/mol. The molecule has 1 aromatic carbocycles. The number of hydrogen-bond donors (Lipinski definition) is 2. The average molecular weight is 387 g/mol. The Morgan fingerprint density at radius 2 is 1.74 bits per heavy atom. The van der Waals surface area contributed by atoms with Crippen molar-refractivity contribution in [1.82, 2.24) is 4.72 Å². The molecular formula is C14H24Cl2N2O4S. The Bertz CT molecular complexity index is 609. The van der Waals surface area contributed by atoms with Crippen LogP contribution in [0.5, 0.6) is 11.5 Å².